The van der Waals surface area contributed by atoms with Crippen LogP contribution in [0.15, 0.2) is 0 Å². The topological polar surface area (TPSA) is 212 Å². The van der Waals surface area contributed by atoms with Gasteiger partial charge < -0.3 is 31.4 Å². The Hall–Kier alpha value is -1.19. The van der Waals surface area contributed by atoms with E-state index in [4.69, 9.17) is 39.6 Å². The third-order valence-electron chi connectivity index (χ3n) is 0.366. The van der Waals surface area contributed by atoms with E-state index in [9.17, 15) is 0 Å². The van der Waals surface area contributed by atoms with Crippen molar-refractivity contribution in [1.82, 2.24) is 0 Å². The molecule has 0 fully saturated rings. The van der Waals surface area contributed by atoms with E-state index in [1.54, 1.807) is 0 Å². The summed E-state index contributed by atoms with van der Waals surface area (Å²) in [7, 11) is 0. The van der Waals surface area contributed by atoms with Gasteiger partial charge in [-0.3, -0.25) is 0 Å². The Morgan fingerprint density at radius 1 is 0.562 bits per heavy atom. The van der Waals surface area contributed by atoms with Gasteiger partial charge >= 0.3 is 23.9 Å². The fourth-order valence-corrected chi connectivity index (χ4v) is 0. The second-order valence-electron chi connectivity index (χ2n) is 1.22. The van der Waals surface area contributed by atoms with Crippen LogP contribution in [0, 0.1) is 0 Å². The molecule has 0 aliphatic heterocycles. The van der Waals surface area contributed by atoms with Crippen LogP contribution in [0.5, 0.6) is 0 Å². The van der Waals surface area contributed by atoms with E-state index >= 15 is 0 Å². The van der Waals surface area contributed by atoms with Crippen molar-refractivity contribution < 1.29 is 84.1 Å². The zero-order valence-corrected chi connectivity index (χ0v) is 9.28. The Balaban J connectivity index is -0.0000000250. The van der Waals surface area contributed by atoms with E-state index in [1.807, 2.05) is 0 Å². The van der Waals surface area contributed by atoms with E-state index in [-0.39, 0.29) is 44.5 Å². The standard InChI is InChI=1S/2C2H2O4.Mn.Ni.2H2O/c2*3-1(4)2(5)6;;;;/h2*(H,3,4)(H,5,6);;;2*1H2. The number of aliphatic carboxylic acids is 4. The molecule has 0 saturated carbocycles. The van der Waals surface area contributed by atoms with Crippen molar-refractivity contribution in [3.8, 4) is 0 Å². The van der Waals surface area contributed by atoms with Crippen LogP contribution in [0.1, 0.15) is 0 Å². The SMILES string of the molecule is O.O.O=C(O)C(=O)O.O=C(O)C(=O)O.[Mn].[Ni]. The molecule has 0 aromatic heterocycles. The van der Waals surface area contributed by atoms with Crippen molar-refractivity contribution in [3.05, 3.63) is 0 Å². The first-order valence-electron chi connectivity index (χ1n) is 2.21. The van der Waals surface area contributed by atoms with Crippen molar-refractivity contribution >= 4 is 23.9 Å². The summed E-state index contributed by atoms with van der Waals surface area (Å²) in [6.07, 6.45) is 0. The molecular weight excluding hydrogens is 322 g/mol. The summed E-state index contributed by atoms with van der Waals surface area (Å²) in [4.78, 5) is 36.4. The Kier molecular flexibility index (Phi) is 44.1. The molecule has 16 heavy (non-hydrogen) atoms. The normalized spacial score (nSPS) is 5.50. The zero-order valence-electron chi connectivity index (χ0n) is 7.12. The fraction of sp³-hybridized carbons (Fsp3) is 0. The van der Waals surface area contributed by atoms with Crippen LogP contribution in [0.2, 0.25) is 0 Å². The number of hydrogen-bond acceptors (Lipinski definition) is 4. The molecule has 0 amide bonds. The molecule has 10 nitrogen and oxygen atoms in total. The largest absolute Gasteiger partial charge is 0.473 e. The monoisotopic (exact) mass is 329 g/mol. The number of carboxylic acids is 4. The third kappa shape index (κ3) is 38.5. The molecule has 0 aromatic rings. The van der Waals surface area contributed by atoms with Gasteiger partial charge in [-0.25, -0.2) is 19.2 Å². The van der Waals surface area contributed by atoms with Crippen LogP contribution < -0.4 is 0 Å². The average molecular weight is 330 g/mol. The molecule has 12 heteroatoms. The Morgan fingerprint density at radius 3 is 0.625 bits per heavy atom. The van der Waals surface area contributed by atoms with E-state index < -0.39 is 23.9 Å². The number of hydrogen-bond donors (Lipinski definition) is 4. The van der Waals surface area contributed by atoms with Gasteiger partial charge in [-0.05, 0) is 0 Å². The molecule has 0 unspecified atom stereocenters. The molecule has 0 bridgehead atoms. The van der Waals surface area contributed by atoms with Gasteiger partial charge in [-0.2, -0.15) is 0 Å². The first-order chi connectivity index (χ1) is 5.29. The van der Waals surface area contributed by atoms with Crippen molar-refractivity contribution in [2.24, 2.45) is 0 Å². The summed E-state index contributed by atoms with van der Waals surface area (Å²) in [6, 6.07) is 0. The summed E-state index contributed by atoms with van der Waals surface area (Å²) in [5, 5.41) is 29.6. The van der Waals surface area contributed by atoms with Gasteiger partial charge in [-0.1, -0.05) is 0 Å². The number of carboxylic acid groups (broad SMARTS) is 4. The molecular formula is C4H8MnNiO10. The molecule has 0 atom stereocenters. The van der Waals surface area contributed by atoms with Crippen LogP contribution in [-0.2, 0) is 52.7 Å². The second-order valence-corrected chi connectivity index (χ2v) is 1.22. The minimum Gasteiger partial charge on any atom is -0.473 e. The van der Waals surface area contributed by atoms with Crippen LogP contribution in [0.3, 0.4) is 0 Å². The maximum Gasteiger partial charge on any atom is 0.414 e. The molecule has 8 N–H and O–H groups in total. The first-order valence-corrected chi connectivity index (χ1v) is 2.21. The van der Waals surface area contributed by atoms with Crippen LogP contribution >= 0.6 is 0 Å². The molecule has 0 heterocycles. The summed E-state index contributed by atoms with van der Waals surface area (Å²) < 4.78 is 0. The molecule has 0 aliphatic rings. The van der Waals surface area contributed by atoms with Crippen molar-refractivity contribution in [3.63, 3.8) is 0 Å². The molecule has 0 aliphatic carbocycles. The molecule has 0 aromatic carbocycles. The second kappa shape index (κ2) is 19.4. The maximum absolute atomic E-state index is 9.10. The Morgan fingerprint density at radius 2 is 0.625 bits per heavy atom. The van der Waals surface area contributed by atoms with E-state index in [0.29, 0.717) is 0 Å². The smallest absolute Gasteiger partial charge is 0.414 e. The Bertz CT molecular complexity index is 179. The minimum atomic E-state index is -1.82. The quantitative estimate of drug-likeness (QED) is 0.259. The summed E-state index contributed by atoms with van der Waals surface area (Å²) in [6.45, 7) is 0. The van der Waals surface area contributed by atoms with Crippen LogP contribution in [0.25, 0.3) is 0 Å². The van der Waals surface area contributed by atoms with Crippen molar-refractivity contribution in [2.75, 3.05) is 0 Å². The van der Waals surface area contributed by atoms with Gasteiger partial charge in [0.05, 0.1) is 0 Å². The molecule has 0 saturated heterocycles. The van der Waals surface area contributed by atoms with Gasteiger partial charge in [0.1, 0.15) is 0 Å². The molecule has 0 spiro atoms. The van der Waals surface area contributed by atoms with Crippen LogP contribution in [0.4, 0.5) is 0 Å². The van der Waals surface area contributed by atoms with Gasteiger partial charge in [0.25, 0.3) is 0 Å². The summed E-state index contributed by atoms with van der Waals surface area (Å²) in [5.41, 5.74) is 0. The van der Waals surface area contributed by atoms with Gasteiger partial charge in [0.2, 0.25) is 0 Å². The molecule has 101 valence electrons. The van der Waals surface area contributed by atoms with E-state index in [1.165, 1.54) is 0 Å². The van der Waals surface area contributed by atoms with Gasteiger partial charge in [0.15, 0.2) is 0 Å². The summed E-state index contributed by atoms with van der Waals surface area (Å²) in [5.74, 6) is -7.30. The Labute approximate surface area is 108 Å². The van der Waals surface area contributed by atoms with Gasteiger partial charge in [0, 0.05) is 33.6 Å². The van der Waals surface area contributed by atoms with E-state index in [2.05, 4.69) is 0 Å². The number of carbonyl (C=O) groups is 4. The van der Waals surface area contributed by atoms with Crippen molar-refractivity contribution in [1.29, 1.82) is 0 Å². The predicted molar refractivity (Wildman–Crippen MR) is 37.8 cm³/mol. The predicted octanol–water partition coefficient (Wildman–Crippen LogP) is -3.34. The maximum atomic E-state index is 9.10. The van der Waals surface area contributed by atoms with E-state index in [0.717, 1.165) is 0 Å². The molecule has 0 rings (SSSR count). The average Bonchev–Trinajstić information content (AvgIpc) is 1.88. The summed E-state index contributed by atoms with van der Waals surface area (Å²) >= 11 is 0. The zero-order chi connectivity index (χ0) is 10.3. The van der Waals surface area contributed by atoms with Gasteiger partial charge in [-0.15, -0.1) is 0 Å². The minimum absolute atomic E-state index is 0. The fourth-order valence-electron chi connectivity index (χ4n) is 0. The first kappa shape index (κ1) is 36.4. The van der Waals surface area contributed by atoms with Crippen LogP contribution in [-0.4, -0.2) is 55.3 Å². The number of rotatable bonds is 0. The molecule has 1 radical (unpaired) electrons. The van der Waals surface area contributed by atoms with Crippen molar-refractivity contribution in [2.45, 2.75) is 0 Å². The third-order valence-corrected chi connectivity index (χ3v) is 0.366.